The molecule has 7 nitrogen and oxygen atoms in total. The number of carbonyl (C=O) groups excluding carboxylic acids is 2. The average molecular weight is 314 g/mol. The van der Waals surface area contributed by atoms with Gasteiger partial charge in [-0.05, 0) is 31.5 Å². The number of nitrogens with zero attached hydrogens (tertiary/aromatic N) is 2. The molecule has 1 aliphatic rings. The predicted octanol–water partition coefficient (Wildman–Crippen LogP) is 0.651. The number of nitrogens with one attached hydrogen (secondary N) is 2. The second-order valence-electron chi connectivity index (χ2n) is 5.54. The maximum Gasteiger partial charge on any atom is 0.279 e. The number of benzene rings is 1. The minimum Gasteiger partial charge on any atom is -0.480 e. The van der Waals surface area contributed by atoms with Gasteiger partial charge < -0.3 is 4.74 Å². The standard InChI is InChI=1S/C16H18N4O3/c1-10-7-11(2)20(19-10)9-15(21)17-18-16(22)14-8-12-5-3-4-6-13(12)23-14/h3-7,14H,8-9H2,1-2H3,(H,17,21)(H,18,22)/t14-/m0/s1. The molecule has 2 amide bonds. The van der Waals surface area contributed by atoms with Crippen molar-refractivity contribution in [3.63, 3.8) is 0 Å². The molecule has 1 aromatic heterocycles. The Bertz CT molecular complexity index is 729. The summed E-state index contributed by atoms with van der Waals surface area (Å²) in [6.07, 6.45) is -0.128. The van der Waals surface area contributed by atoms with Crippen LogP contribution in [0.5, 0.6) is 5.75 Å². The minimum atomic E-state index is -0.624. The van der Waals surface area contributed by atoms with Crippen LogP contribution in [0.2, 0.25) is 0 Å². The highest BCUT2D eigenvalue weighted by atomic mass is 16.5. The van der Waals surface area contributed by atoms with Crippen LogP contribution < -0.4 is 15.6 Å². The summed E-state index contributed by atoms with van der Waals surface area (Å²) in [6.45, 7) is 3.78. The quantitative estimate of drug-likeness (QED) is 0.815. The molecule has 0 unspecified atom stereocenters. The zero-order chi connectivity index (χ0) is 16.4. The van der Waals surface area contributed by atoms with Gasteiger partial charge in [0, 0.05) is 12.1 Å². The first-order valence-electron chi connectivity index (χ1n) is 7.37. The first-order valence-corrected chi connectivity index (χ1v) is 7.37. The molecule has 1 atom stereocenters. The van der Waals surface area contributed by atoms with E-state index in [0.29, 0.717) is 12.2 Å². The molecule has 0 fully saturated rings. The molecule has 0 saturated heterocycles. The summed E-state index contributed by atoms with van der Waals surface area (Å²) in [5.41, 5.74) is 7.51. The van der Waals surface area contributed by atoms with Crippen LogP contribution >= 0.6 is 0 Å². The lowest BCUT2D eigenvalue weighted by Crippen LogP contribution is -2.48. The van der Waals surface area contributed by atoms with Crippen molar-refractivity contribution < 1.29 is 14.3 Å². The number of hydrazine groups is 1. The van der Waals surface area contributed by atoms with Gasteiger partial charge in [0.25, 0.3) is 11.8 Å². The smallest absolute Gasteiger partial charge is 0.279 e. The highest BCUT2D eigenvalue weighted by Gasteiger charge is 2.28. The Kier molecular flexibility index (Phi) is 4.01. The molecular formula is C16H18N4O3. The first-order chi connectivity index (χ1) is 11.0. The van der Waals surface area contributed by atoms with E-state index in [-0.39, 0.29) is 18.4 Å². The summed E-state index contributed by atoms with van der Waals surface area (Å²) in [6, 6.07) is 9.39. The van der Waals surface area contributed by atoms with Gasteiger partial charge in [-0.3, -0.25) is 25.1 Å². The summed E-state index contributed by atoms with van der Waals surface area (Å²) in [5.74, 6) is -0.00963. The molecule has 120 valence electrons. The third-order valence-electron chi connectivity index (χ3n) is 3.66. The molecule has 2 heterocycles. The van der Waals surface area contributed by atoms with Crippen molar-refractivity contribution in [1.29, 1.82) is 0 Å². The molecule has 1 aliphatic heterocycles. The highest BCUT2D eigenvalue weighted by molar-refractivity contribution is 5.85. The van der Waals surface area contributed by atoms with E-state index in [9.17, 15) is 9.59 Å². The van der Waals surface area contributed by atoms with Gasteiger partial charge in [-0.2, -0.15) is 5.10 Å². The Morgan fingerprint density at radius 2 is 2.09 bits per heavy atom. The van der Waals surface area contributed by atoms with E-state index in [1.807, 2.05) is 44.2 Å². The molecule has 7 heteroatoms. The zero-order valence-corrected chi connectivity index (χ0v) is 13.0. The number of ether oxygens (including phenoxy) is 1. The van der Waals surface area contributed by atoms with Crippen molar-refractivity contribution in [2.24, 2.45) is 0 Å². The lowest BCUT2D eigenvalue weighted by molar-refractivity contribution is -0.133. The van der Waals surface area contributed by atoms with Crippen molar-refractivity contribution in [2.45, 2.75) is 32.9 Å². The van der Waals surface area contributed by atoms with Crippen LogP contribution in [-0.4, -0.2) is 27.7 Å². The van der Waals surface area contributed by atoms with Gasteiger partial charge in [-0.15, -0.1) is 0 Å². The van der Waals surface area contributed by atoms with E-state index in [1.165, 1.54) is 0 Å². The van der Waals surface area contributed by atoms with Crippen LogP contribution in [0.15, 0.2) is 30.3 Å². The van der Waals surface area contributed by atoms with E-state index < -0.39 is 6.10 Å². The zero-order valence-electron chi connectivity index (χ0n) is 13.0. The number of fused-ring (bicyclic) bond motifs is 1. The van der Waals surface area contributed by atoms with Crippen molar-refractivity contribution in [3.8, 4) is 5.75 Å². The fraction of sp³-hybridized carbons (Fsp3) is 0.312. The summed E-state index contributed by atoms with van der Waals surface area (Å²) < 4.78 is 7.14. The third-order valence-corrected chi connectivity index (χ3v) is 3.66. The van der Waals surface area contributed by atoms with Gasteiger partial charge in [0.15, 0.2) is 6.10 Å². The van der Waals surface area contributed by atoms with Gasteiger partial charge in [0.05, 0.1) is 5.69 Å². The fourth-order valence-electron chi connectivity index (χ4n) is 2.55. The van der Waals surface area contributed by atoms with Crippen molar-refractivity contribution in [3.05, 3.63) is 47.3 Å². The number of hydrogen-bond donors (Lipinski definition) is 2. The van der Waals surface area contributed by atoms with E-state index in [2.05, 4.69) is 16.0 Å². The lowest BCUT2D eigenvalue weighted by atomic mass is 10.1. The van der Waals surface area contributed by atoms with Gasteiger partial charge in [-0.25, -0.2) is 0 Å². The van der Waals surface area contributed by atoms with Crippen molar-refractivity contribution in [1.82, 2.24) is 20.6 Å². The SMILES string of the molecule is Cc1cc(C)n(CC(=O)NNC(=O)[C@@H]2Cc3ccccc3O2)n1. The van der Waals surface area contributed by atoms with Gasteiger partial charge in [-0.1, -0.05) is 18.2 Å². The van der Waals surface area contributed by atoms with Gasteiger partial charge in [0.1, 0.15) is 12.3 Å². The van der Waals surface area contributed by atoms with Gasteiger partial charge >= 0.3 is 0 Å². The monoisotopic (exact) mass is 314 g/mol. The van der Waals surface area contributed by atoms with Crippen LogP contribution in [0, 0.1) is 13.8 Å². The second kappa shape index (κ2) is 6.12. The molecular weight excluding hydrogens is 296 g/mol. The van der Waals surface area contributed by atoms with E-state index >= 15 is 0 Å². The average Bonchev–Trinajstić information content (AvgIpc) is 3.08. The maximum absolute atomic E-state index is 12.1. The number of aryl methyl sites for hydroxylation is 2. The van der Waals surface area contributed by atoms with Gasteiger partial charge in [0.2, 0.25) is 0 Å². The third kappa shape index (κ3) is 3.33. The molecule has 0 spiro atoms. The summed E-state index contributed by atoms with van der Waals surface area (Å²) in [4.78, 5) is 24.0. The summed E-state index contributed by atoms with van der Waals surface area (Å²) in [7, 11) is 0. The molecule has 0 radical (unpaired) electrons. The van der Waals surface area contributed by atoms with Crippen molar-refractivity contribution in [2.75, 3.05) is 0 Å². The van der Waals surface area contributed by atoms with Crippen molar-refractivity contribution >= 4 is 11.8 Å². The topological polar surface area (TPSA) is 85.2 Å². The first kappa shape index (κ1) is 15.1. The Morgan fingerprint density at radius 3 is 2.78 bits per heavy atom. The van der Waals surface area contributed by atoms with Crippen LogP contribution in [0.4, 0.5) is 0 Å². The molecule has 3 rings (SSSR count). The molecule has 1 aromatic carbocycles. The number of rotatable bonds is 3. The van der Waals surface area contributed by atoms with E-state index in [0.717, 1.165) is 17.0 Å². The molecule has 2 aromatic rings. The van der Waals surface area contributed by atoms with Crippen LogP contribution in [0.25, 0.3) is 0 Å². The maximum atomic E-state index is 12.1. The molecule has 0 bridgehead atoms. The second-order valence-corrected chi connectivity index (χ2v) is 5.54. The molecule has 2 N–H and O–H groups in total. The summed E-state index contributed by atoms with van der Waals surface area (Å²) >= 11 is 0. The Labute approximate surface area is 133 Å². The van der Waals surface area contributed by atoms with Crippen LogP contribution in [0.3, 0.4) is 0 Å². The largest absolute Gasteiger partial charge is 0.480 e. The lowest BCUT2D eigenvalue weighted by Gasteiger charge is -2.12. The summed E-state index contributed by atoms with van der Waals surface area (Å²) in [5, 5.41) is 4.20. The number of aromatic nitrogens is 2. The fourth-order valence-corrected chi connectivity index (χ4v) is 2.55. The number of hydrogen-bond acceptors (Lipinski definition) is 4. The van der Waals surface area contributed by atoms with Crippen LogP contribution in [0.1, 0.15) is 17.0 Å². The number of amides is 2. The normalized spacial score (nSPS) is 15.7. The Hall–Kier alpha value is -2.83. The Balaban J connectivity index is 1.50. The van der Waals surface area contributed by atoms with Crippen LogP contribution in [-0.2, 0) is 22.6 Å². The minimum absolute atomic E-state index is 0.0473. The van der Waals surface area contributed by atoms with E-state index in [4.69, 9.17) is 4.74 Å². The molecule has 0 aliphatic carbocycles. The number of carbonyl (C=O) groups is 2. The molecule has 23 heavy (non-hydrogen) atoms. The predicted molar refractivity (Wildman–Crippen MR) is 82.5 cm³/mol. The van der Waals surface area contributed by atoms with E-state index in [1.54, 1.807) is 4.68 Å². The molecule has 0 saturated carbocycles. The Morgan fingerprint density at radius 1 is 1.30 bits per heavy atom. The number of para-hydroxylation sites is 1. The highest BCUT2D eigenvalue weighted by Crippen LogP contribution is 2.27.